The number of amides is 2. The summed E-state index contributed by atoms with van der Waals surface area (Å²) in [6.07, 6.45) is 3.26. The highest BCUT2D eigenvalue weighted by Gasteiger charge is 2.16. The van der Waals surface area contributed by atoms with Crippen LogP contribution in [0.15, 0.2) is 29.0 Å². The Morgan fingerprint density at radius 2 is 2.18 bits per heavy atom. The monoisotopic (exact) mass is 300 g/mol. The zero-order chi connectivity index (χ0) is 15.7. The number of anilines is 1. The number of nitrogens with zero attached hydrogens (tertiary/aromatic N) is 5. The van der Waals surface area contributed by atoms with Crippen molar-refractivity contribution in [1.29, 1.82) is 0 Å². The van der Waals surface area contributed by atoms with Crippen LogP contribution in [-0.2, 0) is 6.54 Å². The Balaban J connectivity index is 1.75. The molecule has 3 rings (SSSR count). The Hall–Kier alpha value is -2.90. The SMILES string of the molecule is Cc1noc(C)c1CN(C)C(=O)Nc1ccnc2ccnn12. The van der Waals surface area contributed by atoms with E-state index >= 15 is 0 Å². The van der Waals surface area contributed by atoms with Crippen molar-refractivity contribution < 1.29 is 9.32 Å². The number of fused-ring (bicyclic) bond motifs is 1. The van der Waals surface area contributed by atoms with Gasteiger partial charge in [0.1, 0.15) is 11.6 Å². The summed E-state index contributed by atoms with van der Waals surface area (Å²) in [5.41, 5.74) is 2.37. The maximum atomic E-state index is 12.3. The van der Waals surface area contributed by atoms with Gasteiger partial charge >= 0.3 is 6.03 Å². The molecular formula is C14H16N6O2. The molecule has 0 saturated carbocycles. The van der Waals surface area contributed by atoms with Crippen LogP contribution in [0.25, 0.3) is 5.65 Å². The third-order valence-electron chi connectivity index (χ3n) is 3.45. The van der Waals surface area contributed by atoms with E-state index in [1.54, 1.807) is 41.0 Å². The standard InChI is InChI=1S/C14H16N6O2/c1-9-11(10(2)22-18-9)8-19(3)14(21)17-13-4-6-15-12-5-7-16-20(12)13/h4-7H,8H2,1-3H3,(H,17,21). The summed E-state index contributed by atoms with van der Waals surface area (Å²) >= 11 is 0. The van der Waals surface area contributed by atoms with Gasteiger partial charge in [-0.25, -0.2) is 9.78 Å². The van der Waals surface area contributed by atoms with Crippen LogP contribution in [0.5, 0.6) is 0 Å². The zero-order valence-electron chi connectivity index (χ0n) is 12.6. The zero-order valence-corrected chi connectivity index (χ0v) is 12.6. The molecule has 0 aromatic carbocycles. The molecule has 0 bridgehead atoms. The molecule has 3 aromatic heterocycles. The fourth-order valence-corrected chi connectivity index (χ4v) is 2.17. The van der Waals surface area contributed by atoms with Gasteiger partial charge in [-0.05, 0) is 19.9 Å². The van der Waals surface area contributed by atoms with Crippen LogP contribution in [0.2, 0.25) is 0 Å². The van der Waals surface area contributed by atoms with Gasteiger partial charge in [-0.15, -0.1) is 0 Å². The first-order valence-electron chi connectivity index (χ1n) is 6.79. The van der Waals surface area contributed by atoms with Gasteiger partial charge in [-0.2, -0.15) is 9.61 Å². The first-order valence-corrected chi connectivity index (χ1v) is 6.79. The van der Waals surface area contributed by atoms with Crippen molar-refractivity contribution in [2.24, 2.45) is 0 Å². The predicted molar refractivity (Wildman–Crippen MR) is 79.4 cm³/mol. The first-order chi connectivity index (χ1) is 10.6. The van der Waals surface area contributed by atoms with Gasteiger partial charge in [-0.3, -0.25) is 5.32 Å². The average molecular weight is 300 g/mol. The van der Waals surface area contributed by atoms with Gasteiger partial charge in [0.2, 0.25) is 0 Å². The maximum absolute atomic E-state index is 12.3. The summed E-state index contributed by atoms with van der Waals surface area (Å²) in [4.78, 5) is 18.0. The number of carbonyl (C=O) groups excluding carboxylic acids is 1. The minimum absolute atomic E-state index is 0.247. The van der Waals surface area contributed by atoms with Gasteiger partial charge < -0.3 is 9.42 Å². The van der Waals surface area contributed by atoms with E-state index in [9.17, 15) is 4.79 Å². The van der Waals surface area contributed by atoms with Gasteiger partial charge in [0.25, 0.3) is 0 Å². The molecular weight excluding hydrogens is 284 g/mol. The number of hydrogen-bond acceptors (Lipinski definition) is 5. The van der Waals surface area contributed by atoms with Crippen molar-refractivity contribution in [3.05, 3.63) is 41.5 Å². The van der Waals surface area contributed by atoms with Gasteiger partial charge in [-0.1, -0.05) is 5.16 Å². The molecule has 0 unspecified atom stereocenters. The Morgan fingerprint density at radius 1 is 1.36 bits per heavy atom. The molecule has 2 amide bonds. The lowest BCUT2D eigenvalue weighted by Gasteiger charge is -2.18. The molecule has 0 saturated heterocycles. The highest BCUT2D eigenvalue weighted by atomic mass is 16.5. The molecule has 8 heteroatoms. The van der Waals surface area contributed by atoms with E-state index in [2.05, 4.69) is 20.6 Å². The van der Waals surface area contributed by atoms with Crippen molar-refractivity contribution in [2.45, 2.75) is 20.4 Å². The van der Waals surface area contributed by atoms with Crippen LogP contribution < -0.4 is 5.32 Å². The summed E-state index contributed by atoms with van der Waals surface area (Å²) in [6, 6.07) is 3.22. The number of aryl methyl sites for hydroxylation is 2. The van der Waals surface area contributed by atoms with Gasteiger partial charge in [0, 0.05) is 24.9 Å². The molecule has 0 atom stereocenters. The number of carbonyl (C=O) groups is 1. The topological polar surface area (TPSA) is 88.6 Å². The van der Waals surface area contributed by atoms with Crippen molar-refractivity contribution in [3.63, 3.8) is 0 Å². The van der Waals surface area contributed by atoms with Crippen molar-refractivity contribution in [3.8, 4) is 0 Å². The fourth-order valence-electron chi connectivity index (χ4n) is 2.17. The van der Waals surface area contributed by atoms with Crippen molar-refractivity contribution in [1.82, 2.24) is 24.7 Å². The molecule has 0 aliphatic rings. The molecule has 0 spiro atoms. The minimum Gasteiger partial charge on any atom is -0.361 e. The van der Waals surface area contributed by atoms with E-state index in [0.717, 1.165) is 17.0 Å². The molecule has 0 aliphatic carbocycles. The summed E-state index contributed by atoms with van der Waals surface area (Å²) < 4.78 is 6.68. The summed E-state index contributed by atoms with van der Waals surface area (Å²) in [7, 11) is 1.71. The molecule has 1 N–H and O–H groups in total. The minimum atomic E-state index is -0.247. The number of nitrogens with one attached hydrogen (secondary N) is 1. The van der Waals surface area contributed by atoms with Crippen LogP contribution in [0.4, 0.5) is 10.6 Å². The first kappa shape index (κ1) is 14.1. The molecule has 8 nitrogen and oxygen atoms in total. The van der Waals surface area contributed by atoms with Gasteiger partial charge in [0.15, 0.2) is 5.65 Å². The third-order valence-corrected chi connectivity index (χ3v) is 3.45. The molecule has 0 fully saturated rings. The second-order valence-electron chi connectivity index (χ2n) is 5.02. The lowest BCUT2D eigenvalue weighted by Crippen LogP contribution is -2.31. The molecule has 3 aromatic rings. The van der Waals surface area contributed by atoms with Crippen LogP contribution in [-0.4, -0.2) is 37.7 Å². The lowest BCUT2D eigenvalue weighted by atomic mass is 10.2. The number of urea groups is 1. The Kier molecular flexibility index (Phi) is 3.50. The third kappa shape index (κ3) is 2.50. The van der Waals surface area contributed by atoms with E-state index in [1.807, 2.05) is 13.8 Å². The van der Waals surface area contributed by atoms with E-state index < -0.39 is 0 Å². The maximum Gasteiger partial charge on any atom is 0.323 e. The van der Waals surface area contributed by atoms with E-state index in [0.29, 0.717) is 18.0 Å². The van der Waals surface area contributed by atoms with Crippen LogP contribution >= 0.6 is 0 Å². The molecule has 114 valence electrons. The Labute approximate surface area is 126 Å². The highest BCUT2D eigenvalue weighted by molar-refractivity contribution is 5.88. The number of hydrogen-bond donors (Lipinski definition) is 1. The Bertz CT molecular complexity index is 802. The van der Waals surface area contributed by atoms with E-state index in [4.69, 9.17) is 4.52 Å². The second kappa shape index (κ2) is 5.47. The number of aromatic nitrogens is 4. The molecule has 0 radical (unpaired) electrons. The highest BCUT2D eigenvalue weighted by Crippen LogP contribution is 2.15. The summed E-state index contributed by atoms with van der Waals surface area (Å²) in [6.45, 7) is 4.10. The molecule has 0 aliphatic heterocycles. The molecule has 22 heavy (non-hydrogen) atoms. The van der Waals surface area contributed by atoms with E-state index in [1.165, 1.54) is 0 Å². The van der Waals surface area contributed by atoms with Gasteiger partial charge in [0.05, 0.1) is 18.4 Å². The largest absolute Gasteiger partial charge is 0.361 e. The smallest absolute Gasteiger partial charge is 0.323 e. The van der Waals surface area contributed by atoms with Crippen LogP contribution in [0.1, 0.15) is 17.0 Å². The average Bonchev–Trinajstić information content (AvgIpc) is 3.09. The summed E-state index contributed by atoms with van der Waals surface area (Å²) in [5.74, 6) is 1.28. The Morgan fingerprint density at radius 3 is 2.91 bits per heavy atom. The van der Waals surface area contributed by atoms with Crippen molar-refractivity contribution in [2.75, 3.05) is 12.4 Å². The predicted octanol–water partition coefficient (Wildman–Crippen LogP) is 2.00. The quantitative estimate of drug-likeness (QED) is 0.799. The van der Waals surface area contributed by atoms with Crippen LogP contribution in [0.3, 0.4) is 0 Å². The fraction of sp³-hybridized carbons (Fsp3) is 0.286. The van der Waals surface area contributed by atoms with E-state index in [-0.39, 0.29) is 6.03 Å². The molecule has 3 heterocycles. The lowest BCUT2D eigenvalue weighted by molar-refractivity contribution is 0.220. The normalized spacial score (nSPS) is 10.9. The second-order valence-corrected chi connectivity index (χ2v) is 5.02. The van der Waals surface area contributed by atoms with Crippen molar-refractivity contribution >= 4 is 17.5 Å². The summed E-state index contributed by atoms with van der Waals surface area (Å²) in [5, 5.41) is 10.8. The number of rotatable bonds is 3. The van der Waals surface area contributed by atoms with Crippen LogP contribution in [0, 0.1) is 13.8 Å².